The number of aromatic hydroxyl groups is 1. The number of carbonyl (C=O) groups is 1. The van der Waals surface area contributed by atoms with Gasteiger partial charge in [0.25, 0.3) is 0 Å². The number of phenols is 1. The van der Waals surface area contributed by atoms with Gasteiger partial charge in [0.1, 0.15) is 17.9 Å². The van der Waals surface area contributed by atoms with Crippen LogP contribution in [0.2, 0.25) is 0 Å². The van der Waals surface area contributed by atoms with Crippen molar-refractivity contribution in [3.8, 4) is 5.75 Å². The summed E-state index contributed by atoms with van der Waals surface area (Å²) in [5, 5.41) is 8.97. The van der Waals surface area contributed by atoms with Gasteiger partial charge in [0.2, 0.25) is 0 Å². The molecule has 68 valence electrons. The molecule has 0 aromatic heterocycles. The molecule has 1 N–H and O–H groups in total. The third-order valence-corrected chi connectivity index (χ3v) is 2.50. The number of phenolic OH excluding ortho intramolecular Hbond substituents is 1. The van der Waals surface area contributed by atoms with Crippen LogP contribution in [0.1, 0.15) is 18.4 Å². The molecule has 1 aliphatic rings. The molecular formula is C10H9FO2. The van der Waals surface area contributed by atoms with E-state index in [0.717, 1.165) is 12.4 Å². The van der Waals surface area contributed by atoms with E-state index in [1.165, 1.54) is 12.1 Å². The summed E-state index contributed by atoms with van der Waals surface area (Å²) in [5.41, 5.74) is -0.196. The molecule has 1 aliphatic carbocycles. The quantitative estimate of drug-likeness (QED) is 0.704. The fraction of sp³-hybridized carbons (Fsp3) is 0.300. The van der Waals surface area contributed by atoms with Crippen molar-refractivity contribution in [2.45, 2.75) is 18.3 Å². The van der Waals surface area contributed by atoms with E-state index < -0.39 is 11.2 Å². The topological polar surface area (TPSA) is 37.3 Å². The highest BCUT2D eigenvalue weighted by molar-refractivity contribution is 5.73. The predicted molar refractivity (Wildman–Crippen MR) is 45.0 cm³/mol. The first-order chi connectivity index (χ1) is 6.18. The minimum absolute atomic E-state index is 0.108. The summed E-state index contributed by atoms with van der Waals surface area (Å²) >= 11 is 0. The maximum absolute atomic E-state index is 13.3. The van der Waals surface area contributed by atoms with Crippen LogP contribution >= 0.6 is 0 Å². The maximum atomic E-state index is 13.3. The second-order valence-corrected chi connectivity index (χ2v) is 3.44. The van der Waals surface area contributed by atoms with Crippen LogP contribution in [0.3, 0.4) is 0 Å². The van der Waals surface area contributed by atoms with Gasteiger partial charge >= 0.3 is 0 Å². The van der Waals surface area contributed by atoms with Crippen molar-refractivity contribution in [2.75, 3.05) is 0 Å². The molecule has 2 rings (SSSR count). The number of carbonyl (C=O) groups excluding carboxylic acids is 1. The van der Waals surface area contributed by atoms with Crippen molar-refractivity contribution >= 4 is 6.29 Å². The minimum Gasteiger partial charge on any atom is -0.508 e. The van der Waals surface area contributed by atoms with Crippen LogP contribution in [0, 0.1) is 5.82 Å². The van der Waals surface area contributed by atoms with Crippen molar-refractivity contribution < 1.29 is 14.3 Å². The Labute approximate surface area is 75.0 Å². The molecule has 0 bridgehead atoms. The first-order valence-electron chi connectivity index (χ1n) is 4.13. The standard InChI is InChI=1S/C10H9FO2/c11-9-5-7(13)1-2-8(9)10(6-12)3-4-10/h1-2,5-6,13H,3-4H2. The first kappa shape index (κ1) is 8.23. The van der Waals surface area contributed by atoms with Crippen molar-refractivity contribution in [1.82, 2.24) is 0 Å². The van der Waals surface area contributed by atoms with Gasteiger partial charge in [-0.05, 0) is 18.9 Å². The Balaban J connectivity index is 2.47. The van der Waals surface area contributed by atoms with Crippen LogP contribution in [-0.2, 0) is 10.2 Å². The van der Waals surface area contributed by atoms with E-state index in [9.17, 15) is 9.18 Å². The van der Waals surface area contributed by atoms with E-state index in [-0.39, 0.29) is 5.75 Å². The summed E-state index contributed by atoms with van der Waals surface area (Å²) in [6.45, 7) is 0. The number of hydrogen-bond acceptors (Lipinski definition) is 2. The number of rotatable bonds is 2. The zero-order chi connectivity index (χ0) is 9.47. The third-order valence-electron chi connectivity index (χ3n) is 2.50. The second-order valence-electron chi connectivity index (χ2n) is 3.44. The molecule has 0 spiro atoms. The molecule has 0 unspecified atom stereocenters. The highest BCUT2D eigenvalue weighted by atomic mass is 19.1. The Kier molecular flexibility index (Phi) is 1.62. The Hall–Kier alpha value is -1.38. The zero-order valence-corrected chi connectivity index (χ0v) is 6.96. The van der Waals surface area contributed by atoms with Gasteiger partial charge in [-0.1, -0.05) is 6.07 Å². The lowest BCUT2D eigenvalue weighted by molar-refractivity contribution is -0.109. The number of benzene rings is 1. The molecule has 0 atom stereocenters. The summed E-state index contributed by atoms with van der Waals surface area (Å²) in [6.07, 6.45) is 2.21. The van der Waals surface area contributed by atoms with Crippen LogP contribution in [0.15, 0.2) is 18.2 Å². The molecule has 0 aliphatic heterocycles. The van der Waals surface area contributed by atoms with E-state index in [2.05, 4.69) is 0 Å². The summed E-state index contributed by atoms with van der Waals surface area (Å²) in [4.78, 5) is 10.7. The van der Waals surface area contributed by atoms with E-state index in [4.69, 9.17) is 5.11 Å². The SMILES string of the molecule is O=CC1(c2ccc(O)cc2F)CC1. The van der Waals surface area contributed by atoms with Crippen molar-refractivity contribution in [1.29, 1.82) is 0 Å². The number of aldehydes is 1. The van der Waals surface area contributed by atoms with Gasteiger partial charge in [-0.2, -0.15) is 0 Å². The fourth-order valence-corrected chi connectivity index (χ4v) is 1.49. The molecule has 1 aromatic rings. The van der Waals surface area contributed by atoms with E-state index in [0.29, 0.717) is 18.4 Å². The molecular weight excluding hydrogens is 171 g/mol. The highest BCUT2D eigenvalue weighted by Crippen LogP contribution is 2.47. The molecule has 0 heterocycles. The Bertz CT molecular complexity index is 356. The molecule has 0 radical (unpaired) electrons. The van der Waals surface area contributed by atoms with Crippen molar-refractivity contribution in [3.05, 3.63) is 29.6 Å². The van der Waals surface area contributed by atoms with Gasteiger partial charge < -0.3 is 9.90 Å². The Morgan fingerprint density at radius 1 is 1.46 bits per heavy atom. The van der Waals surface area contributed by atoms with Gasteiger partial charge in [0.15, 0.2) is 0 Å². The molecule has 0 saturated heterocycles. The molecule has 3 heteroatoms. The van der Waals surface area contributed by atoms with Crippen LogP contribution in [0.25, 0.3) is 0 Å². The van der Waals surface area contributed by atoms with Crippen LogP contribution in [0.5, 0.6) is 5.75 Å². The highest BCUT2D eigenvalue weighted by Gasteiger charge is 2.46. The summed E-state index contributed by atoms with van der Waals surface area (Å²) in [7, 11) is 0. The Morgan fingerprint density at radius 2 is 2.15 bits per heavy atom. The summed E-state index contributed by atoms with van der Waals surface area (Å²) in [6, 6.07) is 3.92. The summed E-state index contributed by atoms with van der Waals surface area (Å²) in [5.74, 6) is -0.604. The predicted octanol–water partition coefficient (Wildman–Crippen LogP) is 1.76. The smallest absolute Gasteiger partial charge is 0.131 e. The van der Waals surface area contributed by atoms with E-state index in [1.54, 1.807) is 0 Å². The number of halogens is 1. The van der Waals surface area contributed by atoms with Gasteiger partial charge in [-0.15, -0.1) is 0 Å². The van der Waals surface area contributed by atoms with Gasteiger partial charge in [0.05, 0.1) is 5.41 Å². The van der Waals surface area contributed by atoms with Crippen molar-refractivity contribution in [3.63, 3.8) is 0 Å². The average molecular weight is 180 g/mol. The molecule has 1 fully saturated rings. The van der Waals surface area contributed by atoms with E-state index >= 15 is 0 Å². The molecule has 1 aromatic carbocycles. The lowest BCUT2D eigenvalue weighted by atomic mass is 9.97. The molecule has 1 saturated carbocycles. The normalized spacial score (nSPS) is 18.2. The number of hydrogen-bond donors (Lipinski definition) is 1. The second kappa shape index (κ2) is 2.55. The first-order valence-corrected chi connectivity index (χ1v) is 4.13. The molecule has 2 nitrogen and oxygen atoms in total. The average Bonchev–Trinajstić information content (AvgIpc) is 2.85. The molecule has 0 amide bonds. The fourth-order valence-electron chi connectivity index (χ4n) is 1.49. The third kappa shape index (κ3) is 1.20. The van der Waals surface area contributed by atoms with E-state index in [1.807, 2.05) is 0 Å². The zero-order valence-electron chi connectivity index (χ0n) is 6.96. The van der Waals surface area contributed by atoms with Crippen LogP contribution < -0.4 is 0 Å². The summed E-state index contributed by atoms with van der Waals surface area (Å²) < 4.78 is 13.3. The van der Waals surface area contributed by atoms with Gasteiger partial charge in [-0.25, -0.2) is 4.39 Å². The lowest BCUT2D eigenvalue weighted by Gasteiger charge is -2.08. The lowest BCUT2D eigenvalue weighted by Crippen LogP contribution is -2.09. The largest absolute Gasteiger partial charge is 0.508 e. The monoisotopic (exact) mass is 180 g/mol. The van der Waals surface area contributed by atoms with Gasteiger partial charge in [0, 0.05) is 11.6 Å². The van der Waals surface area contributed by atoms with Crippen LogP contribution in [-0.4, -0.2) is 11.4 Å². The minimum atomic E-state index is -0.599. The van der Waals surface area contributed by atoms with Crippen LogP contribution in [0.4, 0.5) is 4.39 Å². The van der Waals surface area contributed by atoms with Gasteiger partial charge in [-0.3, -0.25) is 0 Å². The Morgan fingerprint density at radius 3 is 2.62 bits per heavy atom. The van der Waals surface area contributed by atoms with Crippen molar-refractivity contribution in [2.24, 2.45) is 0 Å². The maximum Gasteiger partial charge on any atom is 0.131 e. The molecule has 13 heavy (non-hydrogen) atoms.